The normalized spacial score (nSPS) is 12.3. The molecule has 0 saturated heterocycles. The van der Waals surface area contributed by atoms with Crippen LogP contribution in [-0.4, -0.2) is 6.54 Å². The van der Waals surface area contributed by atoms with Gasteiger partial charge in [-0.2, -0.15) is 0 Å². The molecule has 1 atom stereocenters. The molecule has 2 aromatic rings. The van der Waals surface area contributed by atoms with E-state index in [4.69, 9.17) is 0 Å². The Morgan fingerprint density at radius 2 is 1.43 bits per heavy atom. The largest absolute Gasteiger partial charge is 0.307 e. The van der Waals surface area contributed by atoms with Gasteiger partial charge in [0.15, 0.2) is 0 Å². The fraction of sp³-hybridized carbons (Fsp3) is 0.400. The predicted octanol–water partition coefficient (Wildman–Crippen LogP) is 5.04. The van der Waals surface area contributed by atoms with Gasteiger partial charge in [-0.3, -0.25) is 0 Å². The van der Waals surface area contributed by atoms with Gasteiger partial charge < -0.3 is 5.32 Å². The van der Waals surface area contributed by atoms with Gasteiger partial charge in [0, 0.05) is 0 Å². The summed E-state index contributed by atoms with van der Waals surface area (Å²) in [5, 5.41) is 3.60. The molecule has 2 aromatic carbocycles. The Bertz CT molecular complexity index is 525. The van der Waals surface area contributed by atoms with Crippen LogP contribution in [0.25, 0.3) is 0 Å². The lowest BCUT2D eigenvalue weighted by Crippen LogP contribution is -2.21. The van der Waals surface area contributed by atoms with Crippen LogP contribution in [0.2, 0.25) is 0 Å². The minimum absolute atomic E-state index is 0.288. The molecule has 1 unspecified atom stereocenters. The zero-order valence-electron chi connectivity index (χ0n) is 13.5. The highest BCUT2D eigenvalue weighted by molar-refractivity contribution is 5.34. The van der Waals surface area contributed by atoms with E-state index in [1.54, 1.807) is 0 Å². The molecule has 0 aromatic heterocycles. The van der Waals surface area contributed by atoms with Crippen molar-refractivity contribution in [3.63, 3.8) is 0 Å². The van der Waals surface area contributed by atoms with E-state index >= 15 is 0 Å². The number of hydrogen-bond acceptors (Lipinski definition) is 1. The van der Waals surface area contributed by atoms with Crippen molar-refractivity contribution < 1.29 is 0 Å². The maximum atomic E-state index is 3.60. The molecule has 1 heteroatoms. The van der Waals surface area contributed by atoms with Gasteiger partial charge in [-0.25, -0.2) is 0 Å². The lowest BCUT2D eigenvalue weighted by molar-refractivity contribution is 0.630. The molecule has 1 N–H and O–H groups in total. The van der Waals surface area contributed by atoms with E-state index in [1.807, 2.05) is 0 Å². The first-order valence-corrected chi connectivity index (χ1v) is 8.13. The van der Waals surface area contributed by atoms with E-state index in [1.165, 1.54) is 41.5 Å². The minimum atomic E-state index is 0.288. The van der Waals surface area contributed by atoms with E-state index < -0.39 is 0 Å². The third-order valence-corrected chi connectivity index (χ3v) is 3.95. The Labute approximate surface area is 129 Å². The zero-order valence-corrected chi connectivity index (χ0v) is 13.5. The topological polar surface area (TPSA) is 12.0 Å². The molecule has 21 heavy (non-hydrogen) atoms. The molecular weight excluding hydrogens is 254 g/mol. The molecule has 0 aliphatic carbocycles. The van der Waals surface area contributed by atoms with Crippen LogP contribution in [0, 0.1) is 6.92 Å². The van der Waals surface area contributed by atoms with E-state index in [9.17, 15) is 0 Å². The number of rotatable bonds is 7. The van der Waals surface area contributed by atoms with Gasteiger partial charge >= 0.3 is 0 Å². The van der Waals surface area contributed by atoms with Crippen LogP contribution in [-0.2, 0) is 6.42 Å². The van der Waals surface area contributed by atoms with Crippen LogP contribution in [0.15, 0.2) is 48.5 Å². The first-order chi connectivity index (χ1) is 10.2. The minimum Gasteiger partial charge on any atom is -0.307 e. The molecule has 2 rings (SSSR count). The Balaban J connectivity index is 2.19. The lowest BCUT2D eigenvalue weighted by atomic mass is 9.96. The summed E-state index contributed by atoms with van der Waals surface area (Å²) in [6, 6.07) is 18.2. The third kappa shape index (κ3) is 4.44. The van der Waals surface area contributed by atoms with Crippen molar-refractivity contribution in [2.24, 2.45) is 0 Å². The maximum absolute atomic E-state index is 3.60. The number of aryl methyl sites for hydroxylation is 2. The highest BCUT2D eigenvalue weighted by atomic mass is 14.9. The molecular formula is C20H27N. The summed E-state index contributed by atoms with van der Waals surface area (Å²) in [5.41, 5.74) is 5.44. The van der Waals surface area contributed by atoms with Crippen LogP contribution in [0.3, 0.4) is 0 Å². The molecule has 0 amide bonds. The second-order valence-corrected chi connectivity index (χ2v) is 5.75. The summed E-state index contributed by atoms with van der Waals surface area (Å²) < 4.78 is 0. The van der Waals surface area contributed by atoms with Gasteiger partial charge in [0.05, 0.1) is 6.04 Å². The van der Waals surface area contributed by atoms with Gasteiger partial charge in [0.2, 0.25) is 0 Å². The summed E-state index contributed by atoms with van der Waals surface area (Å²) in [6.07, 6.45) is 3.71. The predicted molar refractivity (Wildman–Crippen MR) is 91.8 cm³/mol. The van der Waals surface area contributed by atoms with Gasteiger partial charge in [0.1, 0.15) is 0 Å². The quantitative estimate of drug-likeness (QED) is 0.750. The Morgan fingerprint density at radius 3 is 1.95 bits per heavy atom. The standard InChI is InChI=1S/C20H27N/c1-4-6-7-17-10-14-19(15-11-17)20(21-5-2)18-12-8-16(3)9-13-18/h8-15,20-21H,4-7H2,1-3H3. The van der Waals surface area contributed by atoms with Gasteiger partial charge in [0.25, 0.3) is 0 Å². The first-order valence-electron chi connectivity index (χ1n) is 8.13. The summed E-state index contributed by atoms with van der Waals surface area (Å²) in [4.78, 5) is 0. The van der Waals surface area contributed by atoms with E-state index in [2.05, 4.69) is 74.6 Å². The second kappa shape index (κ2) is 7.99. The van der Waals surface area contributed by atoms with E-state index in [0.717, 1.165) is 6.54 Å². The zero-order chi connectivity index (χ0) is 15.1. The fourth-order valence-electron chi connectivity index (χ4n) is 2.65. The smallest absolute Gasteiger partial charge is 0.0576 e. The molecule has 1 nitrogen and oxygen atoms in total. The lowest BCUT2D eigenvalue weighted by Gasteiger charge is -2.19. The summed E-state index contributed by atoms with van der Waals surface area (Å²) in [7, 11) is 0. The van der Waals surface area contributed by atoms with Crippen molar-refractivity contribution in [1.29, 1.82) is 0 Å². The van der Waals surface area contributed by atoms with Crippen molar-refractivity contribution >= 4 is 0 Å². The molecule has 112 valence electrons. The van der Waals surface area contributed by atoms with Crippen molar-refractivity contribution in [3.05, 3.63) is 70.8 Å². The monoisotopic (exact) mass is 281 g/mol. The summed E-state index contributed by atoms with van der Waals surface area (Å²) >= 11 is 0. The van der Waals surface area contributed by atoms with Crippen molar-refractivity contribution in [1.82, 2.24) is 5.32 Å². The van der Waals surface area contributed by atoms with Gasteiger partial charge in [-0.15, -0.1) is 0 Å². The summed E-state index contributed by atoms with van der Waals surface area (Å²) in [6.45, 7) is 7.51. The van der Waals surface area contributed by atoms with Crippen LogP contribution in [0.1, 0.15) is 55.0 Å². The average molecular weight is 281 g/mol. The van der Waals surface area contributed by atoms with Crippen LogP contribution in [0.4, 0.5) is 0 Å². The van der Waals surface area contributed by atoms with Crippen molar-refractivity contribution in [2.45, 2.75) is 46.1 Å². The average Bonchev–Trinajstić information content (AvgIpc) is 2.52. The molecule has 0 spiro atoms. The molecule has 0 radical (unpaired) electrons. The Hall–Kier alpha value is -1.60. The molecule has 0 fully saturated rings. The number of hydrogen-bond donors (Lipinski definition) is 1. The Morgan fingerprint density at radius 1 is 0.857 bits per heavy atom. The van der Waals surface area contributed by atoms with E-state index in [-0.39, 0.29) is 6.04 Å². The molecule has 0 bridgehead atoms. The van der Waals surface area contributed by atoms with Gasteiger partial charge in [-0.05, 0) is 43.0 Å². The van der Waals surface area contributed by atoms with Crippen LogP contribution < -0.4 is 5.32 Å². The van der Waals surface area contributed by atoms with E-state index in [0.29, 0.717) is 0 Å². The highest BCUT2D eigenvalue weighted by Gasteiger charge is 2.12. The third-order valence-electron chi connectivity index (χ3n) is 3.95. The molecule has 0 heterocycles. The molecule has 0 aliphatic heterocycles. The highest BCUT2D eigenvalue weighted by Crippen LogP contribution is 2.23. The van der Waals surface area contributed by atoms with Crippen LogP contribution >= 0.6 is 0 Å². The molecule has 0 aliphatic rings. The number of benzene rings is 2. The van der Waals surface area contributed by atoms with Crippen molar-refractivity contribution in [2.75, 3.05) is 6.54 Å². The van der Waals surface area contributed by atoms with Crippen LogP contribution in [0.5, 0.6) is 0 Å². The SMILES string of the molecule is CCCCc1ccc(C(NCC)c2ccc(C)cc2)cc1. The number of nitrogens with one attached hydrogen (secondary N) is 1. The first kappa shape index (κ1) is 15.8. The summed E-state index contributed by atoms with van der Waals surface area (Å²) in [5.74, 6) is 0. The number of unbranched alkanes of at least 4 members (excludes halogenated alkanes) is 1. The second-order valence-electron chi connectivity index (χ2n) is 5.75. The Kier molecular flexibility index (Phi) is 6.01. The maximum Gasteiger partial charge on any atom is 0.0576 e. The van der Waals surface area contributed by atoms with Gasteiger partial charge in [-0.1, -0.05) is 74.4 Å². The van der Waals surface area contributed by atoms with Crippen molar-refractivity contribution in [3.8, 4) is 0 Å². The molecule has 0 saturated carbocycles. The fourth-order valence-corrected chi connectivity index (χ4v) is 2.65.